The van der Waals surface area contributed by atoms with Crippen LogP contribution < -0.4 is 10.3 Å². The van der Waals surface area contributed by atoms with Gasteiger partial charge in [0.1, 0.15) is 29.3 Å². The highest BCUT2D eigenvalue weighted by Gasteiger charge is 2.18. The summed E-state index contributed by atoms with van der Waals surface area (Å²) in [5, 5.41) is 24.1. The predicted octanol–water partition coefficient (Wildman–Crippen LogP) is 2.62. The van der Waals surface area contributed by atoms with E-state index in [9.17, 15) is 14.7 Å². The summed E-state index contributed by atoms with van der Waals surface area (Å²) in [7, 11) is 0. The minimum atomic E-state index is -0.323. The second kappa shape index (κ2) is 8.58. The average Bonchev–Trinajstić information content (AvgIpc) is 3.29. The number of hydrogen-bond acceptors (Lipinski definition) is 8. The number of hydrogen-bond donors (Lipinski definition) is 2. The lowest BCUT2D eigenvalue weighted by molar-refractivity contribution is 0.101. The molecular formula is C22H22N6O4. The monoisotopic (exact) mass is 434 g/mol. The molecule has 4 rings (SSSR count). The van der Waals surface area contributed by atoms with Crippen molar-refractivity contribution < 1.29 is 14.6 Å². The fraction of sp³-hybridized carbons (Fsp3) is 0.273. The summed E-state index contributed by atoms with van der Waals surface area (Å²) < 4.78 is 7.46. The second-order valence-electron chi connectivity index (χ2n) is 7.48. The first-order valence-corrected chi connectivity index (χ1v) is 10.1. The Balaban J connectivity index is 1.73. The first-order valence-electron chi connectivity index (χ1n) is 10.1. The molecule has 0 radical (unpaired) electrons. The Hall–Kier alpha value is -4.08. The number of carbonyl (C=O) groups excluding carboxylic acids is 1. The van der Waals surface area contributed by atoms with Gasteiger partial charge >= 0.3 is 0 Å². The van der Waals surface area contributed by atoms with E-state index < -0.39 is 0 Å². The van der Waals surface area contributed by atoms with Crippen molar-refractivity contribution in [3.8, 4) is 22.9 Å². The van der Waals surface area contributed by atoms with Crippen molar-refractivity contribution in [3.63, 3.8) is 0 Å². The van der Waals surface area contributed by atoms with Gasteiger partial charge < -0.3 is 9.84 Å². The fourth-order valence-electron chi connectivity index (χ4n) is 3.63. The number of aromatic amines is 1. The van der Waals surface area contributed by atoms with Gasteiger partial charge in [-0.3, -0.25) is 14.0 Å². The Kier molecular flexibility index (Phi) is 5.67. The molecule has 0 fully saturated rings. The average molecular weight is 434 g/mol. The van der Waals surface area contributed by atoms with E-state index in [1.54, 1.807) is 18.3 Å². The molecule has 0 unspecified atom stereocenters. The number of nitrogens with zero attached hydrogens (tertiary/aromatic N) is 5. The number of ketones is 1. The van der Waals surface area contributed by atoms with Crippen molar-refractivity contribution >= 4 is 11.4 Å². The Bertz CT molecular complexity index is 1360. The SMILES string of the molecule is CCCc1c(OCc2cc(C)cn3c(=O)c(-c4nn[nH]n4)cnc23)ccc(C(C)=O)c1O. The molecule has 2 N–H and O–H groups in total. The maximum absolute atomic E-state index is 13.0. The van der Waals surface area contributed by atoms with Gasteiger partial charge in [-0.25, -0.2) is 4.98 Å². The van der Waals surface area contributed by atoms with Crippen molar-refractivity contribution in [1.29, 1.82) is 0 Å². The molecule has 0 aliphatic carbocycles. The highest BCUT2D eigenvalue weighted by molar-refractivity contribution is 5.97. The van der Waals surface area contributed by atoms with Crippen LogP contribution in [0.1, 0.15) is 47.3 Å². The molecule has 0 bridgehead atoms. The van der Waals surface area contributed by atoms with Gasteiger partial charge in [0.15, 0.2) is 5.78 Å². The van der Waals surface area contributed by atoms with Gasteiger partial charge in [0, 0.05) is 23.5 Å². The molecule has 3 heterocycles. The largest absolute Gasteiger partial charge is 0.507 e. The fourth-order valence-corrected chi connectivity index (χ4v) is 3.63. The summed E-state index contributed by atoms with van der Waals surface area (Å²) in [5.74, 6) is 0.392. The van der Waals surface area contributed by atoms with Crippen molar-refractivity contribution in [3.05, 3.63) is 63.2 Å². The minimum Gasteiger partial charge on any atom is -0.507 e. The van der Waals surface area contributed by atoms with E-state index in [1.165, 1.54) is 17.5 Å². The number of aromatic hydroxyl groups is 1. The third kappa shape index (κ3) is 3.82. The van der Waals surface area contributed by atoms with Gasteiger partial charge in [0.25, 0.3) is 5.56 Å². The van der Waals surface area contributed by atoms with Crippen LogP contribution in [0.3, 0.4) is 0 Å². The summed E-state index contributed by atoms with van der Waals surface area (Å²) in [5.41, 5.74) is 2.73. The molecule has 164 valence electrons. The number of phenolic OH excluding ortho intramolecular Hbond substituents is 1. The van der Waals surface area contributed by atoms with Crippen LogP contribution in [0.2, 0.25) is 0 Å². The number of ether oxygens (including phenoxy) is 1. The van der Waals surface area contributed by atoms with Gasteiger partial charge in [0.05, 0.1) is 5.56 Å². The molecule has 0 spiro atoms. The molecule has 0 aliphatic rings. The highest BCUT2D eigenvalue weighted by atomic mass is 16.5. The molecule has 0 amide bonds. The summed E-state index contributed by atoms with van der Waals surface area (Å²) >= 11 is 0. The zero-order chi connectivity index (χ0) is 22.8. The topological polar surface area (TPSA) is 135 Å². The number of H-pyrrole nitrogens is 1. The van der Waals surface area contributed by atoms with E-state index >= 15 is 0 Å². The van der Waals surface area contributed by atoms with E-state index in [2.05, 4.69) is 25.6 Å². The zero-order valence-electron chi connectivity index (χ0n) is 17.9. The van der Waals surface area contributed by atoms with Crippen LogP contribution in [-0.2, 0) is 13.0 Å². The lowest BCUT2D eigenvalue weighted by Crippen LogP contribution is -2.19. The molecule has 0 atom stereocenters. The Morgan fingerprint density at radius 2 is 2.12 bits per heavy atom. The number of rotatable bonds is 7. The Labute approximate surface area is 182 Å². The van der Waals surface area contributed by atoms with Crippen LogP contribution in [-0.4, -0.2) is 40.9 Å². The molecular weight excluding hydrogens is 412 g/mol. The minimum absolute atomic E-state index is 0.0509. The summed E-state index contributed by atoms with van der Waals surface area (Å²) in [4.78, 5) is 29.2. The van der Waals surface area contributed by atoms with E-state index in [1.807, 2.05) is 19.9 Å². The van der Waals surface area contributed by atoms with Crippen molar-refractivity contribution in [2.75, 3.05) is 0 Å². The molecule has 32 heavy (non-hydrogen) atoms. The number of phenols is 1. The van der Waals surface area contributed by atoms with Crippen LogP contribution in [0, 0.1) is 6.92 Å². The highest BCUT2D eigenvalue weighted by Crippen LogP contribution is 2.33. The van der Waals surface area contributed by atoms with Gasteiger partial charge in [0.2, 0.25) is 5.82 Å². The molecule has 4 aromatic rings. The third-order valence-corrected chi connectivity index (χ3v) is 5.10. The zero-order valence-corrected chi connectivity index (χ0v) is 17.9. The number of fused-ring (bicyclic) bond motifs is 1. The van der Waals surface area contributed by atoms with Crippen molar-refractivity contribution in [2.24, 2.45) is 0 Å². The summed E-state index contributed by atoms with van der Waals surface area (Å²) in [6.07, 6.45) is 4.43. The molecule has 0 saturated carbocycles. The van der Waals surface area contributed by atoms with Crippen LogP contribution in [0.25, 0.3) is 17.0 Å². The smallest absolute Gasteiger partial charge is 0.269 e. The van der Waals surface area contributed by atoms with Crippen molar-refractivity contribution in [2.45, 2.75) is 40.2 Å². The maximum atomic E-state index is 13.0. The quantitative estimate of drug-likeness (QED) is 0.424. The number of aromatic nitrogens is 6. The Morgan fingerprint density at radius 1 is 1.31 bits per heavy atom. The molecule has 3 aromatic heterocycles. The predicted molar refractivity (Wildman–Crippen MR) is 116 cm³/mol. The standard InChI is InChI=1S/C22H22N6O4/c1-4-5-16-18(7-6-15(13(3)29)19(16)30)32-11-14-8-12(2)10-28-21(14)23-9-17(22(28)31)20-24-26-27-25-20/h6-10,30H,4-5,11H2,1-3H3,(H,24,25,26,27). The number of Topliss-reactive ketones (excluding diaryl/α,β-unsaturated/α-hetero) is 1. The maximum Gasteiger partial charge on any atom is 0.269 e. The van der Waals surface area contributed by atoms with Crippen LogP contribution in [0.4, 0.5) is 0 Å². The molecule has 10 heteroatoms. The molecule has 0 aliphatic heterocycles. The lowest BCUT2D eigenvalue weighted by atomic mass is 10.0. The van der Waals surface area contributed by atoms with E-state index in [-0.39, 0.29) is 40.7 Å². The summed E-state index contributed by atoms with van der Waals surface area (Å²) in [6.45, 7) is 5.38. The van der Waals surface area contributed by atoms with Gasteiger partial charge in [-0.1, -0.05) is 13.3 Å². The normalized spacial score (nSPS) is 11.1. The number of carbonyl (C=O) groups is 1. The first-order chi connectivity index (χ1) is 15.4. The van der Waals surface area contributed by atoms with Gasteiger partial charge in [-0.2, -0.15) is 5.21 Å². The van der Waals surface area contributed by atoms with E-state index in [4.69, 9.17) is 4.74 Å². The molecule has 1 aromatic carbocycles. The molecule has 10 nitrogen and oxygen atoms in total. The van der Waals surface area contributed by atoms with Crippen LogP contribution in [0.15, 0.2) is 35.4 Å². The third-order valence-electron chi connectivity index (χ3n) is 5.10. The number of pyridine rings is 1. The second-order valence-corrected chi connectivity index (χ2v) is 7.48. The first kappa shape index (κ1) is 21.2. The van der Waals surface area contributed by atoms with Crippen LogP contribution >= 0.6 is 0 Å². The number of benzene rings is 1. The van der Waals surface area contributed by atoms with E-state index in [0.29, 0.717) is 28.9 Å². The van der Waals surface area contributed by atoms with Gasteiger partial charge in [-0.05, 0) is 49.2 Å². The Morgan fingerprint density at radius 3 is 2.81 bits per heavy atom. The van der Waals surface area contributed by atoms with Crippen LogP contribution in [0.5, 0.6) is 11.5 Å². The lowest BCUT2D eigenvalue weighted by Gasteiger charge is -2.16. The van der Waals surface area contributed by atoms with E-state index in [0.717, 1.165) is 12.0 Å². The number of aryl methyl sites for hydroxylation is 1. The molecule has 0 saturated heterocycles. The van der Waals surface area contributed by atoms with Crippen molar-refractivity contribution in [1.82, 2.24) is 30.0 Å². The number of nitrogens with one attached hydrogen (secondary N) is 1. The summed E-state index contributed by atoms with van der Waals surface area (Å²) in [6, 6.07) is 5.13. The van der Waals surface area contributed by atoms with Gasteiger partial charge in [-0.15, -0.1) is 10.2 Å². The number of tetrazole rings is 1.